The third-order valence-corrected chi connectivity index (χ3v) is 6.00. The smallest absolute Gasteiger partial charge is 0.323 e. The lowest BCUT2D eigenvalue weighted by Gasteiger charge is -2.20. The lowest BCUT2D eigenvalue weighted by atomic mass is 9.93. The maximum Gasteiger partial charge on any atom is 0.323 e. The van der Waals surface area contributed by atoms with E-state index in [1.807, 2.05) is 60.7 Å². The Morgan fingerprint density at radius 1 is 1.00 bits per heavy atom. The van der Waals surface area contributed by atoms with E-state index in [0.717, 1.165) is 45.7 Å². The van der Waals surface area contributed by atoms with Gasteiger partial charge in [-0.3, -0.25) is 4.99 Å². The van der Waals surface area contributed by atoms with Gasteiger partial charge in [0.25, 0.3) is 0 Å². The highest BCUT2D eigenvalue weighted by Gasteiger charge is 2.18. The van der Waals surface area contributed by atoms with Crippen molar-refractivity contribution in [1.29, 1.82) is 0 Å². The highest BCUT2D eigenvalue weighted by Crippen LogP contribution is 2.33. The van der Waals surface area contributed by atoms with Gasteiger partial charge >= 0.3 is 6.03 Å². The average Bonchev–Trinajstić information content (AvgIpc) is 2.81. The van der Waals surface area contributed by atoms with Crippen LogP contribution in [-0.2, 0) is 12.8 Å². The van der Waals surface area contributed by atoms with Crippen LogP contribution in [0.15, 0.2) is 70.1 Å². The van der Waals surface area contributed by atoms with Crippen molar-refractivity contribution in [2.24, 2.45) is 4.99 Å². The Hall–Kier alpha value is -3.32. The SMILES string of the molecule is COc1cc2c(cc1OC)C(Cc1ccc(NC(=O)Nc3ccccc3Br)cc1)=NCC2. The molecule has 0 radical (unpaired) electrons. The zero-order chi connectivity index (χ0) is 22.5. The fourth-order valence-electron chi connectivity index (χ4n) is 3.69. The number of amides is 2. The lowest BCUT2D eigenvalue weighted by Crippen LogP contribution is -2.19. The molecule has 1 aliphatic rings. The predicted octanol–water partition coefficient (Wildman–Crippen LogP) is 5.70. The Balaban J connectivity index is 1.44. The van der Waals surface area contributed by atoms with E-state index in [2.05, 4.69) is 26.6 Å². The molecule has 0 fully saturated rings. The van der Waals surface area contributed by atoms with Crippen LogP contribution in [0, 0.1) is 0 Å². The number of nitrogens with one attached hydrogen (secondary N) is 2. The summed E-state index contributed by atoms with van der Waals surface area (Å²) in [4.78, 5) is 17.1. The summed E-state index contributed by atoms with van der Waals surface area (Å²) in [6.07, 6.45) is 1.58. The van der Waals surface area contributed by atoms with Gasteiger partial charge in [0.05, 0.1) is 19.9 Å². The molecule has 164 valence electrons. The number of benzene rings is 3. The highest BCUT2D eigenvalue weighted by molar-refractivity contribution is 9.10. The number of hydrogen-bond acceptors (Lipinski definition) is 4. The van der Waals surface area contributed by atoms with Crippen LogP contribution in [0.25, 0.3) is 0 Å². The number of halogens is 1. The summed E-state index contributed by atoms with van der Waals surface area (Å²) in [6.45, 7) is 0.757. The molecular weight excluding hydrogens is 470 g/mol. The number of urea groups is 1. The van der Waals surface area contributed by atoms with E-state index >= 15 is 0 Å². The van der Waals surface area contributed by atoms with Gasteiger partial charge in [0.2, 0.25) is 0 Å². The molecule has 1 heterocycles. The van der Waals surface area contributed by atoms with E-state index in [1.54, 1.807) is 14.2 Å². The van der Waals surface area contributed by atoms with Crippen molar-refractivity contribution in [3.05, 3.63) is 81.8 Å². The van der Waals surface area contributed by atoms with Crippen LogP contribution in [0.5, 0.6) is 11.5 Å². The van der Waals surface area contributed by atoms with Crippen LogP contribution in [0.2, 0.25) is 0 Å². The van der Waals surface area contributed by atoms with Crippen molar-refractivity contribution < 1.29 is 14.3 Å². The maximum absolute atomic E-state index is 12.3. The van der Waals surface area contributed by atoms with Crippen LogP contribution in [0.4, 0.5) is 16.2 Å². The largest absolute Gasteiger partial charge is 0.493 e. The number of ether oxygens (including phenoxy) is 2. The van der Waals surface area contributed by atoms with Crippen LogP contribution < -0.4 is 20.1 Å². The minimum Gasteiger partial charge on any atom is -0.493 e. The van der Waals surface area contributed by atoms with E-state index < -0.39 is 0 Å². The van der Waals surface area contributed by atoms with E-state index in [1.165, 1.54) is 5.56 Å². The average molecular weight is 494 g/mol. The minimum atomic E-state index is -0.295. The third-order valence-electron chi connectivity index (χ3n) is 5.31. The molecule has 0 atom stereocenters. The van der Waals surface area contributed by atoms with Gasteiger partial charge in [-0.25, -0.2) is 4.79 Å². The number of carbonyl (C=O) groups is 1. The molecule has 0 saturated heterocycles. The number of methoxy groups -OCH3 is 2. The molecule has 32 heavy (non-hydrogen) atoms. The van der Waals surface area contributed by atoms with Crippen molar-refractivity contribution in [2.75, 3.05) is 31.4 Å². The van der Waals surface area contributed by atoms with Crippen LogP contribution >= 0.6 is 15.9 Å². The van der Waals surface area contributed by atoms with Crippen molar-refractivity contribution in [1.82, 2.24) is 0 Å². The summed E-state index contributed by atoms with van der Waals surface area (Å²) in [7, 11) is 3.29. The first-order valence-electron chi connectivity index (χ1n) is 10.3. The molecule has 3 aromatic rings. The number of rotatable bonds is 6. The zero-order valence-corrected chi connectivity index (χ0v) is 19.5. The van der Waals surface area contributed by atoms with Gasteiger partial charge in [-0.05, 0) is 69.9 Å². The summed E-state index contributed by atoms with van der Waals surface area (Å²) in [5.41, 5.74) is 5.89. The molecule has 1 aliphatic heterocycles. The van der Waals surface area contributed by atoms with Gasteiger partial charge in [0, 0.05) is 34.4 Å². The Bertz CT molecular complexity index is 1160. The molecule has 2 N–H and O–H groups in total. The van der Waals surface area contributed by atoms with Crippen LogP contribution in [-0.4, -0.2) is 32.5 Å². The molecule has 3 aromatic carbocycles. The van der Waals surface area contributed by atoms with Crippen molar-refractivity contribution in [3.63, 3.8) is 0 Å². The number of hydrogen-bond donors (Lipinski definition) is 2. The van der Waals surface area contributed by atoms with Gasteiger partial charge in [-0.1, -0.05) is 24.3 Å². The molecule has 7 heteroatoms. The molecule has 0 saturated carbocycles. The quantitative estimate of drug-likeness (QED) is 0.462. The molecule has 0 bridgehead atoms. The standard InChI is InChI=1S/C25H24BrN3O3/c1-31-23-14-17-11-12-27-22(19(17)15-24(23)32-2)13-16-7-9-18(10-8-16)28-25(30)29-21-6-4-3-5-20(21)26/h3-10,14-15H,11-13H2,1-2H3,(H2,28,29,30). The maximum atomic E-state index is 12.3. The molecule has 4 rings (SSSR count). The van der Waals surface area contributed by atoms with Gasteiger partial charge in [-0.2, -0.15) is 0 Å². The number of para-hydroxylation sites is 1. The normalized spacial score (nSPS) is 12.4. The first-order valence-corrected chi connectivity index (χ1v) is 11.1. The van der Waals surface area contributed by atoms with Gasteiger partial charge in [0.1, 0.15) is 0 Å². The molecular formula is C25H24BrN3O3. The Morgan fingerprint density at radius 3 is 2.44 bits per heavy atom. The fourth-order valence-corrected chi connectivity index (χ4v) is 4.07. The summed E-state index contributed by atoms with van der Waals surface area (Å²) in [5.74, 6) is 1.44. The second kappa shape index (κ2) is 9.87. The summed E-state index contributed by atoms with van der Waals surface area (Å²) < 4.78 is 11.7. The second-order valence-electron chi connectivity index (χ2n) is 7.38. The monoisotopic (exact) mass is 493 g/mol. The molecule has 0 aromatic heterocycles. The van der Waals surface area contributed by atoms with E-state index in [0.29, 0.717) is 17.9 Å². The topological polar surface area (TPSA) is 72.0 Å². The number of anilines is 2. The van der Waals surface area contributed by atoms with Gasteiger partial charge in [0.15, 0.2) is 11.5 Å². The third kappa shape index (κ3) is 4.94. The summed E-state index contributed by atoms with van der Waals surface area (Å²) in [5, 5.41) is 5.69. The van der Waals surface area contributed by atoms with Gasteiger partial charge in [-0.15, -0.1) is 0 Å². The number of aliphatic imine (C=N–C) groups is 1. The highest BCUT2D eigenvalue weighted by atomic mass is 79.9. The van der Waals surface area contributed by atoms with Gasteiger partial charge < -0.3 is 20.1 Å². The minimum absolute atomic E-state index is 0.295. The molecule has 6 nitrogen and oxygen atoms in total. The van der Waals surface area contributed by atoms with Crippen molar-refractivity contribution in [2.45, 2.75) is 12.8 Å². The van der Waals surface area contributed by atoms with E-state index in [-0.39, 0.29) is 6.03 Å². The van der Waals surface area contributed by atoms with Crippen LogP contribution in [0.1, 0.15) is 16.7 Å². The zero-order valence-electron chi connectivity index (χ0n) is 17.9. The second-order valence-corrected chi connectivity index (χ2v) is 8.23. The Labute approximate surface area is 195 Å². The Kier molecular flexibility index (Phi) is 6.75. The number of carbonyl (C=O) groups excluding carboxylic acids is 1. The molecule has 0 spiro atoms. The van der Waals surface area contributed by atoms with E-state index in [4.69, 9.17) is 14.5 Å². The summed E-state index contributed by atoms with van der Waals surface area (Å²) in [6, 6.07) is 19.0. The molecule has 2 amide bonds. The van der Waals surface area contributed by atoms with Crippen molar-refractivity contribution in [3.8, 4) is 11.5 Å². The Morgan fingerprint density at radius 2 is 1.72 bits per heavy atom. The first-order chi connectivity index (χ1) is 15.6. The number of nitrogens with zero attached hydrogens (tertiary/aromatic N) is 1. The predicted molar refractivity (Wildman–Crippen MR) is 132 cm³/mol. The molecule has 0 aliphatic carbocycles. The summed E-state index contributed by atoms with van der Waals surface area (Å²) >= 11 is 3.43. The van der Waals surface area contributed by atoms with E-state index in [9.17, 15) is 4.79 Å². The van der Waals surface area contributed by atoms with Crippen LogP contribution in [0.3, 0.4) is 0 Å². The lowest BCUT2D eigenvalue weighted by molar-refractivity contribution is 0.262. The van der Waals surface area contributed by atoms with Crippen molar-refractivity contribution >= 4 is 39.0 Å². The molecule has 0 unspecified atom stereocenters. The number of fused-ring (bicyclic) bond motifs is 1. The first kappa shape index (κ1) is 21.9. The fraction of sp³-hybridized carbons (Fsp3) is 0.200.